The molecule has 0 amide bonds. The normalized spacial score (nSPS) is 14.6. The summed E-state index contributed by atoms with van der Waals surface area (Å²) in [6.45, 7) is 1.39. The Morgan fingerprint density at radius 1 is 1.09 bits per heavy atom. The molecule has 4 heterocycles. The van der Waals surface area contributed by atoms with Gasteiger partial charge in [0, 0.05) is 46.9 Å². The van der Waals surface area contributed by atoms with Gasteiger partial charge >= 0.3 is 5.97 Å². The number of hydrogen-bond donors (Lipinski definition) is 2. The molecule has 6 rings (SSSR count). The number of aromatic nitrogens is 3. The van der Waals surface area contributed by atoms with Gasteiger partial charge in [-0.3, -0.25) is 4.79 Å². The number of nitrogens with one attached hydrogen (secondary N) is 1. The van der Waals surface area contributed by atoms with Crippen LogP contribution in [0.4, 0.5) is 5.13 Å². The second-order valence-electron chi connectivity index (χ2n) is 8.46. The molecule has 1 aliphatic rings. The van der Waals surface area contributed by atoms with Gasteiger partial charge in [0.2, 0.25) is 0 Å². The van der Waals surface area contributed by atoms with E-state index in [1.165, 1.54) is 6.39 Å². The van der Waals surface area contributed by atoms with Crippen molar-refractivity contribution >= 4 is 33.3 Å². The Hall–Kier alpha value is -3.91. The number of oxazole rings is 1. The Labute approximate surface area is 199 Å². The molecule has 1 fully saturated rings. The van der Waals surface area contributed by atoms with Crippen molar-refractivity contribution in [3.8, 4) is 33.0 Å². The number of nitrogens with zero attached hydrogens (tertiary/aromatic N) is 3. The van der Waals surface area contributed by atoms with E-state index in [1.54, 1.807) is 17.5 Å². The van der Waals surface area contributed by atoms with E-state index in [9.17, 15) is 9.90 Å². The second kappa shape index (κ2) is 8.46. The van der Waals surface area contributed by atoms with Gasteiger partial charge in [-0.1, -0.05) is 47.7 Å². The molecule has 3 aromatic heterocycles. The lowest BCUT2D eigenvalue weighted by molar-refractivity contribution is -0.142. The molecule has 170 valence electrons. The average molecular weight is 471 g/mol. The van der Waals surface area contributed by atoms with Crippen LogP contribution in [0.5, 0.6) is 0 Å². The van der Waals surface area contributed by atoms with Crippen molar-refractivity contribution in [3.63, 3.8) is 0 Å². The van der Waals surface area contributed by atoms with Crippen LogP contribution in [0.2, 0.25) is 0 Å². The number of thiazole rings is 1. The molecule has 2 aromatic carbocycles. The standard InChI is InChI=1S/C26H22N4O3S/c31-25(32)18-9-12-30(13-10-18)26-29-23(17-6-4-16(5-7-17)22-14-27-15-33-22)24(34-26)20-2-1-3-21-19(20)8-11-28-21/h1-8,11,14-15,18,28H,9-10,12-13H2,(H,31,32). The van der Waals surface area contributed by atoms with Crippen LogP contribution in [-0.2, 0) is 4.79 Å². The zero-order chi connectivity index (χ0) is 23.1. The number of benzene rings is 2. The number of aliphatic carboxylic acids is 1. The molecule has 0 bridgehead atoms. The Kier molecular flexibility index (Phi) is 5.15. The molecule has 34 heavy (non-hydrogen) atoms. The van der Waals surface area contributed by atoms with Crippen molar-refractivity contribution in [1.82, 2.24) is 15.0 Å². The molecule has 8 heteroatoms. The summed E-state index contributed by atoms with van der Waals surface area (Å²) in [5, 5.41) is 11.5. The molecule has 0 spiro atoms. The highest BCUT2D eigenvalue weighted by Gasteiger charge is 2.27. The largest absolute Gasteiger partial charge is 0.481 e. The minimum atomic E-state index is -0.703. The highest BCUT2D eigenvalue weighted by atomic mass is 32.1. The summed E-state index contributed by atoms with van der Waals surface area (Å²) >= 11 is 1.67. The predicted molar refractivity (Wildman–Crippen MR) is 133 cm³/mol. The fourth-order valence-corrected chi connectivity index (χ4v) is 5.75. The molecule has 0 saturated carbocycles. The summed E-state index contributed by atoms with van der Waals surface area (Å²) in [6, 6.07) is 16.5. The fraction of sp³-hybridized carbons (Fsp3) is 0.192. The van der Waals surface area contributed by atoms with Crippen LogP contribution in [0.25, 0.3) is 43.9 Å². The maximum Gasteiger partial charge on any atom is 0.306 e. The first-order valence-corrected chi connectivity index (χ1v) is 12.0. The van der Waals surface area contributed by atoms with E-state index in [2.05, 4.69) is 51.3 Å². The van der Waals surface area contributed by atoms with Crippen LogP contribution in [-0.4, -0.2) is 39.1 Å². The SMILES string of the molecule is O=C(O)C1CCN(c2nc(-c3ccc(-c4cnco4)cc3)c(-c3cccc4[nH]ccc34)s2)CC1. The van der Waals surface area contributed by atoms with Crippen LogP contribution in [0.1, 0.15) is 12.8 Å². The minimum absolute atomic E-state index is 0.271. The number of carbonyl (C=O) groups is 1. The smallest absolute Gasteiger partial charge is 0.306 e. The zero-order valence-electron chi connectivity index (χ0n) is 18.3. The van der Waals surface area contributed by atoms with Crippen molar-refractivity contribution in [2.75, 3.05) is 18.0 Å². The topological polar surface area (TPSA) is 95.2 Å². The van der Waals surface area contributed by atoms with Crippen LogP contribution in [0, 0.1) is 5.92 Å². The van der Waals surface area contributed by atoms with E-state index in [0.717, 1.165) is 49.1 Å². The number of carboxylic acids is 1. The molecule has 5 aromatic rings. The first kappa shape index (κ1) is 20.7. The van der Waals surface area contributed by atoms with Crippen molar-refractivity contribution in [3.05, 3.63) is 67.3 Å². The summed E-state index contributed by atoms with van der Waals surface area (Å²) in [4.78, 5) is 27.1. The molecule has 0 atom stereocenters. The number of anilines is 1. The van der Waals surface area contributed by atoms with E-state index in [0.29, 0.717) is 25.9 Å². The summed E-state index contributed by atoms with van der Waals surface area (Å²) in [5.74, 6) is -0.248. The van der Waals surface area contributed by atoms with E-state index < -0.39 is 5.97 Å². The highest BCUT2D eigenvalue weighted by molar-refractivity contribution is 7.19. The van der Waals surface area contributed by atoms with Crippen LogP contribution in [0.15, 0.2) is 71.7 Å². The van der Waals surface area contributed by atoms with Gasteiger partial charge in [-0.15, -0.1) is 0 Å². The quantitative estimate of drug-likeness (QED) is 0.331. The van der Waals surface area contributed by atoms with Gasteiger partial charge in [-0.25, -0.2) is 9.97 Å². The Bertz CT molecular complexity index is 1450. The molecular weight excluding hydrogens is 448 g/mol. The zero-order valence-corrected chi connectivity index (χ0v) is 19.1. The average Bonchev–Trinajstić information content (AvgIpc) is 3.65. The van der Waals surface area contributed by atoms with Gasteiger partial charge in [0.15, 0.2) is 17.3 Å². The number of carboxylic acid groups (broad SMARTS) is 1. The third-order valence-corrected chi connectivity index (χ3v) is 7.59. The van der Waals surface area contributed by atoms with E-state index in [4.69, 9.17) is 9.40 Å². The number of H-pyrrole nitrogens is 1. The number of rotatable bonds is 5. The summed E-state index contributed by atoms with van der Waals surface area (Å²) < 4.78 is 5.43. The third-order valence-electron chi connectivity index (χ3n) is 6.45. The molecule has 7 nitrogen and oxygen atoms in total. The van der Waals surface area contributed by atoms with Gasteiger partial charge in [-0.2, -0.15) is 0 Å². The van der Waals surface area contributed by atoms with E-state index in [-0.39, 0.29) is 5.92 Å². The van der Waals surface area contributed by atoms with Crippen LogP contribution >= 0.6 is 11.3 Å². The Morgan fingerprint density at radius 3 is 2.62 bits per heavy atom. The van der Waals surface area contributed by atoms with E-state index >= 15 is 0 Å². The summed E-state index contributed by atoms with van der Waals surface area (Å²) in [6.07, 6.45) is 6.37. The third kappa shape index (κ3) is 3.66. The lowest BCUT2D eigenvalue weighted by Crippen LogP contribution is -2.36. The summed E-state index contributed by atoms with van der Waals surface area (Å²) in [5.41, 5.74) is 5.13. The lowest BCUT2D eigenvalue weighted by atomic mass is 9.97. The molecule has 0 unspecified atom stereocenters. The van der Waals surface area contributed by atoms with Crippen molar-refractivity contribution < 1.29 is 14.3 Å². The molecule has 1 aliphatic heterocycles. The molecule has 1 saturated heterocycles. The van der Waals surface area contributed by atoms with Crippen molar-refractivity contribution in [2.45, 2.75) is 12.8 Å². The molecule has 2 N–H and O–H groups in total. The Morgan fingerprint density at radius 2 is 1.88 bits per heavy atom. The molecular formula is C26H22N4O3S. The highest BCUT2D eigenvalue weighted by Crippen LogP contribution is 2.43. The van der Waals surface area contributed by atoms with E-state index in [1.807, 2.05) is 18.3 Å². The predicted octanol–water partition coefficient (Wildman–Crippen LogP) is 5.91. The van der Waals surface area contributed by atoms with Gasteiger partial charge in [0.25, 0.3) is 0 Å². The Balaban J connectivity index is 1.42. The molecule has 0 aliphatic carbocycles. The number of piperidine rings is 1. The number of aromatic amines is 1. The van der Waals surface area contributed by atoms with Crippen molar-refractivity contribution in [1.29, 1.82) is 0 Å². The number of fused-ring (bicyclic) bond motifs is 1. The van der Waals surface area contributed by atoms with Gasteiger partial charge < -0.3 is 19.4 Å². The van der Waals surface area contributed by atoms with Gasteiger partial charge in [-0.05, 0) is 25.0 Å². The fourth-order valence-electron chi connectivity index (χ4n) is 4.57. The number of hydrogen-bond acceptors (Lipinski definition) is 6. The van der Waals surface area contributed by atoms with Crippen molar-refractivity contribution in [2.24, 2.45) is 5.92 Å². The first-order valence-electron chi connectivity index (χ1n) is 11.2. The van der Waals surface area contributed by atoms with Crippen LogP contribution in [0.3, 0.4) is 0 Å². The first-order chi connectivity index (χ1) is 16.7. The second-order valence-corrected chi connectivity index (χ2v) is 9.44. The van der Waals surface area contributed by atoms with Gasteiger partial charge in [0.1, 0.15) is 0 Å². The van der Waals surface area contributed by atoms with Crippen LogP contribution < -0.4 is 4.90 Å². The van der Waals surface area contributed by atoms with Gasteiger partial charge in [0.05, 0.1) is 22.7 Å². The minimum Gasteiger partial charge on any atom is -0.481 e. The summed E-state index contributed by atoms with van der Waals surface area (Å²) in [7, 11) is 0. The molecule has 0 radical (unpaired) electrons. The maximum absolute atomic E-state index is 11.4. The monoisotopic (exact) mass is 470 g/mol. The lowest BCUT2D eigenvalue weighted by Gasteiger charge is -2.29. The maximum atomic E-state index is 11.4.